The number of aryl methyl sites for hydroxylation is 1. The van der Waals surface area contributed by atoms with E-state index in [9.17, 15) is 10.1 Å². The predicted molar refractivity (Wildman–Crippen MR) is 134 cm³/mol. The summed E-state index contributed by atoms with van der Waals surface area (Å²) < 4.78 is 13.9. The quantitative estimate of drug-likeness (QED) is 0.551. The highest BCUT2D eigenvalue weighted by atomic mass is 16.5. The number of anilines is 1. The lowest BCUT2D eigenvalue weighted by molar-refractivity contribution is 0.109. The molecule has 0 aliphatic carbocycles. The van der Waals surface area contributed by atoms with Gasteiger partial charge >= 0.3 is 0 Å². The molecule has 0 unspecified atom stereocenters. The van der Waals surface area contributed by atoms with E-state index in [1.165, 1.54) is 0 Å². The van der Waals surface area contributed by atoms with Gasteiger partial charge in [0.25, 0.3) is 5.56 Å². The van der Waals surface area contributed by atoms with Crippen LogP contribution in [0.25, 0.3) is 11.0 Å². The predicted octanol–water partition coefficient (Wildman–Crippen LogP) is 4.67. The summed E-state index contributed by atoms with van der Waals surface area (Å²) in [6.45, 7) is 9.75. The Labute approximate surface area is 200 Å². The van der Waals surface area contributed by atoms with Crippen molar-refractivity contribution in [2.24, 2.45) is 13.0 Å². The standard InChI is InChI=1S/C27H32N4O3/c1-6-18-17-31(23-15-25(32)30(5)22-12-7-19(16-28)29-26(22)23)14-13-24(18)33-20-8-10-21(11-9-20)34-27(2,3)4/h7-12,15,18,24H,6,13-14,17H2,1-5H3/t18-,24-/m1/s1. The van der Waals surface area contributed by atoms with Crippen LogP contribution >= 0.6 is 0 Å². The minimum atomic E-state index is -0.242. The van der Waals surface area contributed by atoms with Crippen LogP contribution in [0.1, 0.15) is 46.2 Å². The summed E-state index contributed by atoms with van der Waals surface area (Å²) >= 11 is 0. The van der Waals surface area contributed by atoms with Gasteiger partial charge < -0.3 is 18.9 Å². The maximum atomic E-state index is 12.6. The number of hydrogen-bond donors (Lipinski definition) is 0. The SMILES string of the molecule is CC[C@@H]1CN(c2cc(=O)n(C)c3ccc(C#N)nc23)CC[C@H]1Oc1ccc(OC(C)(C)C)cc1. The van der Waals surface area contributed by atoms with E-state index in [1.807, 2.05) is 45.0 Å². The molecule has 34 heavy (non-hydrogen) atoms. The third-order valence-corrected chi connectivity index (χ3v) is 6.25. The summed E-state index contributed by atoms with van der Waals surface area (Å²) in [7, 11) is 1.73. The normalized spacial score (nSPS) is 18.5. The van der Waals surface area contributed by atoms with E-state index in [-0.39, 0.29) is 23.2 Å². The number of pyridine rings is 2. The number of benzene rings is 1. The molecule has 1 aliphatic rings. The van der Waals surface area contributed by atoms with Crippen molar-refractivity contribution in [3.8, 4) is 17.6 Å². The highest BCUT2D eigenvalue weighted by Crippen LogP contribution is 2.32. The number of nitrogens with zero attached hydrogens (tertiary/aromatic N) is 4. The molecule has 3 aromatic rings. The third-order valence-electron chi connectivity index (χ3n) is 6.25. The van der Waals surface area contributed by atoms with Gasteiger partial charge in [0.2, 0.25) is 0 Å². The number of piperidine rings is 1. The molecule has 0 bridgehead atoms. The van der Waals surface area contributed by atoms with Crippen molar-refractivity contribution in [3.63, 3.8) is 0 Å². The number of fused-ring (bicyclic) bond motifs is 1. The lowest BCUT2D eigenvalue weighted by Crippen LogP contribution is -2.46. The van der Waals surface area contributed by atoms with E-state index in [0.29, 0.717) is 11.2 Å². The number of ether oxygens (including phenoxy) is 2. The molecule has 0 saturated carbocycles. The first-order valence-electron chi connectivity index (χ1n) is 11.8. The van der Waals surface area contributed by atoms with Gasteiger partial charge in [-0.25, -0.2) is 4.98 Å². The molecule has 0 spiro atoms. The van der Waals surface area contributed by atoms with Gasteiger partial charge in [-0.3, -0.25) is 4.79 Å². The molecule has 7 nitrogen and oxygen atoms in total. The van der Waals surface area contributed by atoms with Gasteiger partial charge in [0.15, 0.2) is 0 Å². The van der Waals surface area contributed by atoms with E-state index >= 15 is 0 Å². The van der Waals surface area contributed by atoms with Crippen molar-refractivity contribution in [2.75, 3.05) is 18.0 Å². The monoisotopic (exact) mass is 460 g/mol. The average molecular weight is 461 g/mol. The van der Waals surface area contributed by atoms with Crippen LogP contribution in [0.2, 0.25) is 0 Å². The maximum Gasteiger partial charge on any atom is 0.252 e. The minimum Gasteiger partial charge on any atom is -0.490 e. The molecule has 7 heteroatoms. The number of nitriles is 1. The summed E-state index contributed by atoms with van der Waals surface area (Å²) in [6.07, 6.45) is 1.86. The number of aromatic nitrogens is 2. The molecule has 1 fully saturated rings. The number of rotatable bonds is 5. The molecule has 0 N–H and O–H groups in total. The van der Waals surface area contributed by atoms with Gasteiger partial charge in [-0.2, -0.15) is 5.26 Å². The Morgan fingerprint density at radius 3 is 2.50 bits per heavy atom. The fourth-order valence-electron chi connectivity index (χ4n) is 4.51. The summed E-state index contributed by atoms with van der Waals surface area (Å²) in [4.78, 5) is 19.4. The Morgan fingerprint density at radius 1 is 1.15 bits per heavy atom. The molecule has 0 radical (unpaired) electrons. The fraction of sp³-hybridized carbons (Fsp3) is 0.444. The Morgan fingerprint density at radius 2 is 1.85 bits per heavy atom. The van der Waals surface area contributed by atoms with Crippen LogP contribution in [0.3, 0.4) is 0 Å². The van der Waals surface area contributed by atoms with Gasteiger partial charge in [0.1, 0.15) is 40.5 Å². The molecule has 2 atom stereocenters. The Kier molecular flexibility index (Phi) is 6.52. The fourth-order valence-corrected chi connectivity index (χ4v) is 4.51. The van der Waals surface area contributed by atoms with E-state index in [2.05, 4.69) is 22.9 Å². The second kappa shape index (κ2) is 9.38. The summed E-state index contributed by atoms with van der Waals surface area (Å²) in [5, 5.41) is 9.33. The van der Waals surface area contributed by atoms with Gasteiger partial charge in [0.05, 0.1) is 11.2 Å². The summed E-state index contributed by atoms with van der Waals surface area (Å²) in [6, 6.07) is 15.0. The van der Waals surface area contributed by atoms with Crippen LogP contribution < -0.4 is 19.9 Å². The molecule has 3 heterocycles. The largest absolute Gasteiger partial charge is 0.490 e. The molecule has 2 aromatic heterocycles. The molecule has 178 valence electrons. The first-order chi connectivity index (χ1) is 16.2. The van der Waals surface area contributed by atoms with Crippen LogP contribution in [0.15, 0.2) is 47.3 Å². The molecule has 0 amide bonds. The first kappa shape index (κ1) is 23.6. The third kappa shape index (κ3) is 5.01. The second-order valence-electron chi connectivity index (χ2n) is 9.85. The van der Waals surface area contributed by atoms with Crippen LogP contribution in [0, 0.1) is 17.2 Å². The number of hydrogen-bond acceptors (Lipinski definition) is 6. The first-order valence-corrected chi connectivity index (χ1v) is 11.8. The Bertz CT molecular complexity index is 1270. The minimum absolute atomic E-state index is 0.0797. The molecular weight excluding hydrogens is 428 g/mol. The zero-order chi connectivity index (χ0) is 24.5. The van der Waals surface area contributed by atoms with Gasteiger partial charge in [-0.1, -0.05) is 6.92 Å². The van der Waals surface area contributed by atoms with E-state index in [1.54, 1.807) is 29.8 Å². The van der Waals surface area contributed by atoms with Crippen molar-refractivity contribution in [2.45, 2.75) is 52.2 Å². The second-order valence-corrected chi connectivity index (χ2v) is 9.85. The highest BCUT2D eigenvalue weighted by Gasteiger charge is 2.31. The lowest BCUT2D eigenvalue weighted by Gasteiger charge is -2.39. The van der Waals surface area contributed by atoms with Gasteiger partial charge in [-0.15, -0.1) is 0 Å². The maximum absolute atomic E-state index is 12.6. The van der Waals surface area contributed by atoms with E-state index in [4.69, 9.17) is 9.47 Å². The van der Waals surface area contributed by atoms with Crippen LogP contribution in [-0.2, 0) is 7.05 Å². The average Bonchev–Trinajstić information content (AvgIpc) is 2.81. The Balaban J connectivity index is 1.54. The van der Waals surface area contributed by atoms with Crippen molar-refractivity contribution >= 4 is 16.7 Å². The summed E-state index contributed by atoms with van der Waals surface area (Å²) in [5.74, 6) is 1.94. The van der Waals surface area contributed by atoms with Crippen LogP contribution in [0.5, 0.6) is 11.5 Å². The van der Waals surface area contributed by atoms with Gasteiger partial charge in [-0.05, 0) is 63.6 Å². The molecule has 4 rings (SSSR count). The van der Waals surface area contributed by atoms with Crippen LogP contribution in [0.4, 0.5) is 5.69 Å². The smallest absolute Gasteiger partial charge is 0.252 e. The van der Waals surface area contributed by atoms with Crippen molar-refractivity contribution in [1.82, 2.24) is 9.55 Å². The molecule has 1 saturated heterocycles. The topological polar surface area (TPSA) is 80.4 Å². The molecular formula is C27H32N4O3. The van der Waals surface area contributed by atoms with Crippen molar-refractivity contribution in [3.05, 3.63) is 58.5 Å². The van der Waals surface area contributed by atoms with Crippen LogP contribution in [-0.4, -0.2) is 34.3 Å². The lowest BCUT2D eigenvalue weighted by atomic mass is 9.91. The zero-order valence-corrected chi connectivity index (χ0v) is 20.5. The Hall–Kier alpha value is -3.53. The van der Waals surface area contributed by atoms with E-state index in [0.717, 1.165) is 48.6 Å². The van der Waals surface area contributed by atoms with Gasteiger partial charge in [0, 0.05) is 38.5 Å². The zero-order valence-electron chi connectivity index (χ0n) is 20.5. The highest BCUT2D eigenvalue weighted by molar-refractivity contribution is 5.88. The van der Waals surface area contributed by atoms with Crippen molar-refractivity contribution in [1.29, 1.82) is 5.26 Å². The van der Waals surface area contributed by atoms with E-state index < -0.39 is 0 Å². The van der Waals surface area contributed by atoms with Crippen molar-refractivity contribution < 1.29 is 9.47 Å². The summed E-state index contributed by atoms with van der Waals surface area (Å²) in [5.41, 5.74) is 2.22. The molecule has 1 aromatic carbocycles. The molecule has 1 aliphatic heterocycles.